The number of aromatic nitrogens is 2. The highest BCUT2D eigenvalue weighted by atomic mass is 32.2. The largest absolute Gasteiger partial charge is 0.348 e. The van der Waals surface area contributed by atoms with E-state index in [1.54, 1.807) is 10.9 Å². The smallest absolute Gasteiger partial charge is 0.270 e. The molecule has 24 heavy (non-hydrogen) atoms. The molecule has 0 saturated heterocycles. The zero-order valence-electron chi connectivity index (χ0n) is 13.6. The van der Waals surface area contributed by atoms with Gasteiger partial charge in [0.05, 0.1) is 17.8 Å². The molecule has 1 saturated carbocycles. The summed E-state index contributed by atoms with van der Waals surface area (Å²) in [4.78, 5) is 16.7. The average Bonchev–Trinajstić information content (AvgIpc) is 3.05. The molecule has 0 spiro atoms. The third-order valence-corrected chi connectivity index (χ3v) is 6.11. The molecule has 6 nitrogen and oxygen atoms in total. The Morgan fingerprint density at radius 3 is 2.71 bits per heavy atom. The van der Waals surface area contributed by atoms with E-state index >= 15 is 0 Å². The van der Waals surface area contributed by atoms with Crippen LogP contribution in [0.3, 0.4) is 0 Å². The van der Waals surface area contributed by atoms with E-state index in [0.29, 0.717) is 18.5 Å². The molecular formula is C17H21N3O3S. The van der Waals surface area contributed by atoms with E-state index in [4.69, 9.17) is 0 Å². The second-order valence-electron chi connectivity index (χ2n) is 6.27. The molecule has 3 rings (SSSR count). The van der Waals surface area contributed by atoms with Crippen LogP contribution < -0.4 is 5.32 Å². The van der Waals surface area contributed by atoms with Crippen molar-refractivity contribution < 1.29 is 13.2 Å². The maximum Gasteiger partial charge on any atom is 0.270 e. The molecule has 0 aliphatic heterocycles. The lowest BCUT2D eigenvalue weighted by Gasteiger charge is -2.28. The van der Waals surface area contributed by atoms with Gasteiger partial charge >= 0.3 is 0 Å². The van der Waals surface area contributed by atoms with Crippen LogP contribution in [0.5, 0.6) is 0 Å². The second kappa shape index (κ2) is 6.76. The summed E-state index contributed by atoms with van der Waals surface area (Å²) in [5.41, 5.74) is 1.31. The van der Waals surface area contributed by atoms with Gasteiger partial charge in [-0.3, -0.25) is 9.36 Å². The Balaban J connectivity index is 1.73. The molecule has 128 valence electrons. The van der Waals surface area contributed by atoms with Crippen molar-refractivity contribution in [3.63, 3.8) is 0 Å². The lowest BCUT2D eigenvalue weighted by molar-refractivity contribution is 0.0921. The Labute approximate surface area is 141 Å². The van der Waals surface area contributed by atoms with Crippen molar-refractivity contribution >= 4 is 15.7 Å². The summed E-state index contributed by atoms with van der Waals surface area (Å²) in [7, 11) is -3.07. The Morgan fingerprint density at radius 1 is 1.25 bits per heavy atom. The summed E-state index contributed by atoms with van der Waals surface area (Å²) in [6.45, 7) is 0. The van der Waals surface area contributed by atoms with E-state index in [2.05, 4.69) is 10.3 Å². The molecule has 2 atom stereocenters. The van der Waals surface area contributed by atoms with Crippen LogP contribution in [0, 0.1) is 0 Å². The number of nitrogens with one attached hydrogen (secondary N) is 1. The zero-order chi connectivity index (χ0) is 17.2. The van der Waals surface area contributed by atoms with E-state index in [-0.39, 0.29) is 17.2 Å². The van der Waals surface area contributed by atoms with Crippen LogP contribution in [0.15, 0.2) is 42.9 Å². The van der Waals surface area contributed by atoms with Gasteiger partial charge in [0.2, 0.25) is 0 Å². The van der Waals surface area contributed by atoms with Gasteiger partial charge in [-0.05, 0) is 31.4 Å². The number of rotatable bonds is 4. The lowest BCUT2D eigenvalue weighted by Crippen LogP contribution is -2.42. The topological polar surface area (TPSA) is 81.1 Å². The standard InChI is InChI=1S/C17H21N3O3S/c1-24(22,23)15-9-5-6-13(10-15)19-17(21)16-11-18-12-20(16)14-7-3-2-4-8-14/h2-4,7-8,11-13,15H,5-6,9-10H2,1H3,(H,19,21)/t13-,15+/m1/s1. The molecule has 1 amide bonds. The lowest BCUT2D eigenvalue weighted by atomic mass is 9.95. The summed E-state index contributed by atoms with van der Waals surface area (Å²) >= 11 is 0. The zero-order valence-corrected chi connectivity index (χ0v) is 14.4. The third-order valence-electron chi connectivity index (χ3n) is 4.47. The predicted molar refractivity (Wildman–Crippen MR) is 91.9 cm³/mol. The number of para-hydroxylation sites is 1. The SMILES string of the molecule is CS(=O)(=O)[C@H]1CCC[C@@H](NC(=O)c2cncn2-c2ccccc2)C1. The van der Waals surface area contributed by atoms with Crippen LogP contribution in [-0.2, 0) is 9.84 Å². The highest BCUT2D eigenvalue weighted by Crippen LogP contribution is 2.24. The minimum atomic E-state index is -3.07. The highest BCUT2D eigenvalue weighted by molar-refractivity contribution is 7.91. The number of nitrogens with zero attached hydrogens (tertiary/aromatic N) is 2. The molecule has 1 aliphatic carbocycles. The quantitative estimate of drug-likeness (QED) is 0.917. The van der Waals surface area contributed by atoms with Gasteiger partial charge in [0.15, 0.2) is 0 Å². The van der Waals surface area contributed by atoms with Crippen molar-refractivity contribution in [2.24, 2.45) is 0 Å². The van der Waals surface area contributed by atoms with Gasteiger partial charge in [-0.2, -0.15) is 0 Å². The van der Waals surface area contributed by atoms with Crippen LogP contribution in [0.2, 0.25) is 0 Å². The van der Waals surface area contributed by atoms with Crippen molar-refractivity contribution in [3.05, 3.63) is 48.5 Å². The van der Waals surface area contributed by atoms with Crippen molar-refractivity contribution in [2.45, 2.75) is 37.0 Å². The Hall–Kier alpha value is -2.15. The molecule has 1 aromatic carbocycles. The molecular weight excluding hydrogens is 326 g/mol. The summed E-state index contributed by atoms with van der Waals surface area (Å²) in [5, 5.41) is 2.60. The van der Waals surface area contributed by atoms with Gasteiger partial charge in [-0.15, -0.1) is 0 Å². The van der Waals surface area contributed by atoms with Crippen LogP contribution in [-0.4, -0.2) is 41.4 Å². The van der Waals surface area contributed by atoms with Gasteiger partial charge in [-0.1, -0.05) is 24.6 Å². The molecule has 7 heteroatoms. The van der Waals surface area contributed by atoms with Gasteiger partial charge in [0.1, 0.15) is 15.5 Å². The Bertz CT molecular complexity index is 815. The number of sulfone groups is 1. The maximum atomic E-state index is 12.6. The molecule has 1 fully saturated rings. The van der Waals surface area contributed by atoms with Crippen molar-refractivity contribution in [1.29, 1.82) is 0 Å². The Kier molecular flexibility index (Phi) is 4.71. The number of carbonyl (C=O) groups excluding carboxylic acids is 1. The van der Waals surface area contributed by atoms with Crippen LogP contribution in [0.25, 0.3) is 5.69 Å². The fraction of sp³-hybridized carbons (Fsp3) is 0.412. The predicted octanol–water partition coefficient (Wildman–Crippen LogP) is 1.96. The first kappa shape index (κ1) is 16.7. The van der Waals surface area contributed by atoms with E-state index in [1.807, 2.05) is 30.3 Å². The van der Waals surface area contributed by atoms with Crippen molar-refractivity contribution in [1.82, 2.24) is 14.9 Å². The number of hydrogen-bond acceptors (Lipinski definition) is 4. The number of carbonyl (C=O) groups is 1. The van der Waals surface area contributed by atoms with Crippen LogP contribution in [0.4, 0.5) is 0 Å². The Morgan fingerprint density at radius 2 is 2.00 bits per heavy atom. The van der Waals surface area contributed by atoms with Crippen LogP contribution in [0.1, 0.15) is 36.2 Å². The fourth-order valence-electron chi connectivity index (χ4n) is 3.18. The molecule has 1 heterocycles. The minimum absolute atomic E-state index is 0.120. The van der Waals surface area contributed by atoms with Gasteiger partial charge in [-0.25, -0.2) is 13.4 Å². The molecule has 1 aromatic heterocycles. The van der Waals surface area contributed by atoms with Gasteiger partial charge < -0.3 is 5.32 Å². The molecule has 0 radical (unpaired) electrons. The number of amides is 1. The second-order valence-corrected chi connectivity index (χ2v) is 8.60. The molecule has 0 unspecified atom stereocenters. The summed E-state index contributed by atoms with van der Waals surface area (Å²) < 4.78 is 25.2. The van der Waals surface area contributed by atoms with Gasteiger partial charge in [0.25, 0.3) is 5.91 Å². The molecule has 2 aromatic rings. The van der Waals surface area contributed by atoms with Crippen LogP contribution >= 0.6 is 0 Å². The van der Waals surface area contributed by atoms with E-state index in [9.17, 15) is 13.2 Å². The van der Waals surface area contributed by atoms with E-state index in [1.165, 1.54) is 12.5 Å². The molecule has 0 bridgehead atoms. The average molecular weight is 347 g/mol. The summed E-state index contributed by atoms with van der Waals surface area (Å²) in [6, 6.07) is 9.39. The number of imidazole rings is 1. The number of benzene rings is 1. The van der Waals surface area contributed by atoms with E-state index < -0.39 is 9.84 Å². The monoisotopic (exact) mass is 347 g/mol. The van der Waals surface area contributed by atoms with Crippen molar-refractivity contribution in [2.75, 3.05) is 6.26 Å². The van der Waals surface area contributed by atoms with E-state index in [0.717, 1.165) is 18.5 Å². The first-order valence-corrected chi connectivity index (χ1v) is 9.98. The highest BCUT2D eigenvalue weighted by Gasteiger charge is 2.30. The third kappa shape index (κ3) is 3.67. The summed E-state index contributed by atoms with van der Waals surface area (Å²) in [6.07, 6.45) is 7.16. The molecule has 1 N–H and O–H groups in total. The maximum absolute atomic E-state index is 12.6. The number of hydrogen-bond donors (Lipinski definition) is 1. The fourth-order valence-corrected chi connectivity index (χ4v) is 4.36. The molecule has 1 aliphatic rings. The first-order valence-electron chi connectivity index (χ1n) is 8.02. The van der Waals surface area contributed by atoms with Gasteiger partial charge in [0, 0.05) is 18.0 Å². The normalized spacial score (nSPS) is 21.4. The summed E-state index contributed by atoms with van der Waals surface area (Å²) in [5.74, 6) is -0.226. The minimum Gasteiger partial charge on any atom is -0.348 e. The first-order chi connectivity index (χ1) is 11.4. The van der Waals surface area contributed by atoms with Crippen molar-refractivity contribution in [3.8, 4) is 5.69 Å².